The van der Waals surface area contributed by atoms with Gasteiger partial charge in [-0.25, -0.2) is 5.43 Å². The number of rotatable bonds is 8. The lowest BCUT2D eigenvalue weighted by molar-refractivity contribution is -0.137. The summed E-state index contributed by atoms with van der Waals surface area (Å²) in [5.74, 6) is 0.359. The van der Waals surface area contributed by atoms with Crippen LogP contribution in [-0.2, 0) is 12.8 Å². The molecule has 0 aliphatic heterocycles. The molecular formula is C24H20F3IN2O3. The Balaban J connectivity index is 1.72. The number of halogens is 4. The Morgan fingerprint density at radius 3 is 2.52 bits per heavy atom. The predicted molar refractivity (Wildman–Crippen MR) is 128 cm³/mol. The molecule has 0 unspecified atom stereocenters. The molecular weight excluding hydrogens is 548 g/mol. The Kier molecular flexibility index (Phi) is 8.32. The van der Waals surface area contributed by atoms with Crippen molar-refractivity contribution in [2.75, 3.05) is 6.61 Å². The first-order valence-corrected chi connectivity index (χ1v) is 11.0. The van der Waals surface area contributed by atoms with E-state index in [4.69, 9.17) is 9.47 Å². The fourth-order valence-corrected chi connectivity index (χ4v) is 3.64. The van der Waals surface area contributed by atoms with Gasteiger partial charge in [0.25, 0.3) is 5.91 Å². The van der Waals surface area contributed by atoms with Crippen molar-refractivity contribution in [1.82, 2.24) is 5.43 Å². The van der Waals surface area contributed by atoms with E-state index >= 15 is 0 Å². The minimum absolute atomic E-state index is 0.142. The third-order valence-corrected chi connectivity index (χ3v) is 5.19. The van der Waals surface area contributed by atoms with Gasteiger partial charge in [0.15, 0.2) is 11.5 Å². The molecule has 0 radical (unpaired) electrons. The van der Waals surface area contributed by atoms with E-state index in [1.54, 1.807) is 12.1 Å². The lowest BCUT2D eigenvalue weighted by Crippen LogP contribution is -2.18. The van der Waals surface area contributed by atoms with Crippen LogP contribution in [0.5, 0.6) is 11.5 Å². The van der Waals surface area contributed by atoms with Crippen LogP contribution in [-0.4, -0.2) is 18.7 Å². The van der Waals surface area contributed by atoms with Crippen LogP contribution in [0, 0.1) is 3.57 Å². The van der Waals surface area contributed by atoms with Crippen molar-refractivity contribution in [3.63, 3.8) is 0 Å². The average Bonchev–Trinajstić information content (AvgIpc) is 2.79. The minimum atomic E-state index is -4.53. The number of amides is 1. The number of hydrazone groups is 1. The summed E-state index contributed by atoms with van der Waals surface area (Å²) < 4.78 is 51.0. The van der Waals surface area contributed by atoms with E-state index in [0.29, 0.717) is 30.3 Å². The van der Waals surface area contributed by atoms with E-state index in [1.165, 1.54) is 18.3 Å². The molecule has 5 nitrogen and oxygen atoms in total. The van der Waals surface area contributed by atoms with E-state index < -0.39 is 17.6 Å². The fraction of sp³-hybridized carbons (Fsp3) is 0.167. The first-order chi connectivity index (χ1) is 15.8. The van der Waals surface area contributed by atoms with Gasteiger partial charge in [0.05, 0.1) is 22.0 Å². The first kappa shape index (κ1) is 24.6. The third-order valence-electron chi connectivity index (χ3n) is 4.39. The molecule has 33 heavy (non-hydrogen) atoms. The Labute approximate surface area is 202 Å². The number of benzene rings is 3. The molecule has 0 aliphatic carbocycles. The van der Waals surface area contributed by atoms with Crippen LogP contribution >= 0.6 is 22.6 Å². The number of hydrogen-bond acceptors (Lipinski definition) is 4. The largest absolute Gasteiger partial charge is 0.490 e. The van der Waals surface area contributed by atoms with Crippen molar-refractivity contribution in [1.29, 1.82) is 0 Å². The van der Waals surface area contributed by atoms with Gasteiger partial charge < -0.3 is 9.47 Å². The van der Waals surface area contributed by atoms with Crippen molar-refractivity contribution in [3.8, 4) is 11.5 Å². The number of hydrogen-bond donors (Lipinski definition) is 1. The summed E-state index contributed by atoms with van der Waals surface area (Å²) in [4.78, 5) is 12.2. The van der Waals surface area contributed by atoms with Crippen LogP contribution in [0.3, 0.4) is 0 Å². The smallest absolute Gasteiger partial charge is 0.416 e. The molecule has 0 saturated heterocycles. The van der Waals surface area contributed by atoms with Crippen molar-refractivity contribution in [2.45, 2.75) is 19.7 Å². The molecule has 0 aromatic heterocycles. The molecule has 3 rings (SSSR count). The number of ether oxygens (including phenoxy) is 2. The molecule has 0 fully saturated rings. The highest BCUT2D eigenvalue weighted by atomic mass is 127. The third kappa shape index (κ3) is 6.95. The zero-order valence-corrected chi connectivity index (χ0v) is 19.7. The molecule has 9 heteroatoms. The van der Waals surface area contributed by atoms with Crippen molar-refractivity contribution in [3.05, 3.63) is 92.6 Å². The number of nitrogens with one attached hydrogen (secondary N) is 1. The van der Waals surface area contributed by atoms with Gasteiger partial charge in [-0.2, -0.15) is 18.3 Å². The topological polar surface area (TPSA) is 59.9 Å². The molecule has 0 atom stereocenters. The maximum Gasteiger partial charge on any atom is 0.416 e. The van der Waals surface area contributed by atoms with E-state index in [1.807, 2.05) is 37.3 Å². The van der Waals surface area contributed by atoms with Gasteiger partial charge in [-0.15, -0.1) is 0 Å². The molecule has 0 aliphatic rings. The van der Waals surface area contributed by atoms with E-state index in [9.17, 15) is 18.0 Å². The summed E-state index contributed by atoms with van der Waals surface area (Å²) in [6.45, 7) is 2.64. The first-order valence-electron chi connectivity index (χ1n) is 9.91. The second-order valence-electron chi connectivity index (χ2n) is 6.81. The van der Waals surface area contributed by atoms with Gasteiger partial charge in [0, 0.05) is 5.56 Å². The van der Waals surface area contributed by atoms with Crippen LogP contribution in [0.4, 0.5) is 13.2 Å². The molecule has 172 valence electrons. The van der Waals surface area contributed by atoms with Gasteiger partial charge in [-0.05, 0) is 71.0 Å². The van der Waals surface area contributed by atoms with E-state index in [2.05, 4.69) is 33.1 Å². The second kappa shape index (κ2) is 11.2. The lowest BCUT2D eigenvalue weighted by Gasteiger charge is -2.14. The molecule has 0 spiro atoms. The SMILES string of the molecule is CCOc1cc(/C=N\NC(=O)c2cccc(C(F)(F)F)c2)cc(I)c1OCc1ccccc1. The van der Waals surface area contributed by atoms with Crippen LogP contribution in [0.15, 0.2) is 71.8 Å². The number of nitrogens with zero attached hydrogens (tertiary/aromatic N) is 1. The van der Waals surface area contributed by atoms with Crippen molar-refractivity contribution in [2.24, 2.45) is 5.10 Å². The quantitative estimate of drug-likeness (QED) is 0.205. The van der Waals surface area contributed by atoms with Crippen molar-refractivity contribution >= 4 is 34.7 Å². The zero-order valence-electron chi connectivity index (χ0n) is 17.5. The molecule has 0 bridgehead atoms. The van der Waals surface area contributed by atoms with E-state index in [-0.39, 0.29) is 5.56 Å². The Morgan fingerprint density at radius 2 is 1.82 bits per heavy atom. The molecule has 3 aromatic carbocycles. The summed E-state index contributed by atoms with van der Waals surface area (Å²) in [7, 11) is 0. The van der Waals surface area contributed by atoms with E-state index in [0.717, 1.165) is 21.3 Å². The fourth-order valence-electron chi connectivity index (χ4n) is 2.86. The van der Waals surface area contributed by atoms with Crippen LogP contribution in [0.25, 0.3) is 0 Å². The zero-order chi connectivity index (χ0) is 23.8. The highest BCUT2D eigenvalue weighted by Gasteiger charge is 2.30. The van der Waals surface area contributed by atoms with Gasteiger partial charge in [-0.1, -0.05) is 36.4 Å². The molecule has 0 heterocycles. The summed E-state index contributed by atoms with van der Waals surface area (Å²) in [6, 6.07) is 17.4. The van der Waals surface area contributed by atoms with Crippen molar-refractivity contribution < 1.29 is 27.4 Å². The van der Waals surface area contributed by atoms with Gasteiger partial charge >= 0.3 is 6.18 Å². The maximum absolute atomic E-state index is 12.8. The van der Waals surface area contributed by atoms with Crippen LogP contribution in [0.1, 0.15) is 34.0 Å². The van der Waals surface area contributed by atoms with Gasteiger partial charge in [0.2, 0.25) is 0 Å². The summed E-state index contributed by atoms with van der Waals surface area (Å²) in [6.07, 6.45) is -3.15. The predicted octanol–water partition coefficient (Wildman–Crippen LogP) is 6.05. The molecule has 3 aromatic rings. The van der Waals surface area contributed by atoms with Gasteiger partial charge in [0.1, 0.15) is 6.61 Å². The summed E-state index contributed by atoms with van der Waals surface area (Å²) >= 11 is 2.12. The highest BCUT2D eigenvalue weighted by molar-refractivity contribution is 14.1. The number of carbonyl (C=O) groups excluding carboxylic acids is 1. The number of carbonyl (C=O) groups is 1. The Hall–Kier alpha value is -3.08. The number of alkyl halides is 3. The minimum Gasteiger partial charge on any atom is -0.490 e. The standard InChI is InChI=1S/C24H20F3IN2O3/c1-2-32-21-12-17(11-20(28)22(21)33-15-16-7-4-3-5-8-16)14-29-30-23(31)18-9-6-10-19(13-18)24(25,26)27/h3-14H,2,15H2,1H3,(H,30,31)/b29-14-. The summed E-state index contributed by atoms with van der Waals surface area (Å²) in [5, 5.41) is 3.87. The molecule has 1 N–H and O–H groups in total. The monoisotopic (exact) mass is 568 g/mol. The Bertz CT molecular complexity index is 1140. The average molecular weight is 568 g/mol. The highest BCUT2D eigenvalue weighted by Crippen LogP contribution is 2.34. The molecule has 1 amide bonds. The van der Waals surface area contributed by atoms with Crippen LogP contribution in [0.2, 0.25) is 0 Å². The Morgan fingerprint density at radius 1 is 1.06 bits per heavy atom. The van der Waals surface area contributed by atoms with Crippen LogP contribution < -0.4 is 14.9 Å². The maximum atomic E-state index is 12.8. The second-order valence-corrected chi connectivity index (χ2v) is 7.98. The normalized spacial score (nSPS) is 11.4. The van der Waals surface area contributed by atoms with Gasteiger partial charge in [-0.3, -0.25) is 4.79 Å². The molecule has 0 saturated carbocycles. The summed E-state index contributed by atoms with van der Waals surface area (Å²) in [5.41, 5.74) is 2.84. The lowest BCUT2D eigenvalue weighted by atomic mass is 10.1.